The van der Waals surface area contributed by atoms with E-state index < -0.39 is 5.91 Å². The zero-order valence-corrected chi connectivity index (χ0v) is 13.1. The zero-order valence-electron chi connectivity index (χ0n) is 12.3. The fraction of sp³-hybridized carbons (Fsp3) is 0.118. The van der Waals surface area contributed by atoms with Gasteiger partial charge in [-0.3, -0.25) is 19.3 Å². The van der Waals surface area contributed by atoms with Crippen molar-refractivity contribution >= 4 is 35.0 Å². The van der Waals surface area contributed by atoms with Crippen LogP contribution >= 0.6 is 11.6 Å². The van der Waals surface area contributed by atoms with Gasteiger partial charge in [-0.05, 0) is 23.8 Å². The fourth-order valence-corrected chi connectivity index (χ4v) is 2.72. The number of fused-ring (bicyclic) bond motifs is 1. The Kier molecular flexibility index (Phi) is 3.88. The summed E-state index contributed by atoms with van der Waals surface area (Å²) in [6, 6.07) is 11.9. The number of anilines is 1. The quantitative estimate of drug-likeness (QED) is 0.881. The standard InChI is InChI=1S/C17H13ClN2O3/c1-20-16(22)11-6-4-8-13(15(11)17(20)23)19-14(21)9-10-5-2-3-7-12(10)18/h2-8H,9H2,1H3,(H,19,21). The minimum atomic E-state index is -0.418. The van der Waals surface area contributed by atoms with Crippen LogP contribution in [0.3, 0.4) is 0 Å². The third-order valence-corrected chi connectivity index (χ3v) is 4.07. The van der Waals surface area contributed by atoms with Gasteiger partial charge in [0.05, 0.1) is 23.2 Å². The van der Waals surface area contributed by atoms with Crippen LogP contribution < -0.4 is 5.32 Å². The molecule has 23 heavy (non-hydrogen) atoms. The van der Waals surface area contributed by atoms with Gasteiger partial charge >= 0.3 is 0 Å². The molecule has 1 aliphatic heterocycles. The molecular formula is C17H13ClN2O3. The number of rotatable bonds is 3. The van der Waals surface area contributed by atoms with Crippen LogP contribution in [0.15, 0.2) is 42.5 Å². The Morgan fingerprint density at radius 1 is 1.09 bits per heavy atom. The molecule has 3 amide bonds. The van der Waals surface area contributed by atoms with Crippen LogP contribution in [0.4, 0.5) is 5.69 Å². The molecule has 0 spiro atoms. The highest BCUT2D eigenvalue weighted by molar-refractivity contribution is 6.31. The number of nitrogens with one attached hydrogen (secondary N) is 1. The van der Waals surface area contributed by atoms with E-state index in [4.69, 9.17) is 11.6 Å². The minimum Gasteiger partial charge on any atom is -0.325 e. The van der Waals surface area contributed by atoms with Crippen molar-refractivity contribution in [3.05, 3.63) is 64.2 Å². The molecule has 0 radical (unpaired) electrons. The molecule has 2 aromatic carbocycles. The average molecular weight is 329 g/mol. The van der Waals surface area contributed by atoms with E-state index in [1.807, 2.05) is 0 Å². The predicted molar refractivity (Wildman–Crippen MR) is 86.7 cm³/mol. The molecule has 0 aromatic heterocycles. The van der Waals surface area contributed by atoms with Gasteiger partial charge in [0.15, 0.2) is 0 Å². The summed E-state index contributed by atoms with van der Waals surface area (Å²) in [5.41, 5.74) is 1.56. The molecule has 0 fully saturated rings. The fourth-order valence-electron chi connectivity index (χ4n) is 2.51. The molecule has 0 saturated heterocycles. The number of hydrogen-bond donors (Lipinski definition) is 1. The SMILES string of the molecule is CN1C(=O)c2cccc(NC(=O)Cc3ccccc3Cl)c2C1=O. The van der Waals surface area contributed by atoms with Gasteiger partial charge in [0.25, 0.3) is 11.8 Å². The number of carbonyl (C=O) groups excluding carboxylic acids is 3. The molecule has 2 aromatic rings. The van der Waals surface area contributed by atoms with E-state index in [-0.39, 0.29) is 23.8 Å². The van der Waals surface area contributed by atoms with E-state index in [0.29, 0.717) is 21.8 Å². The Morgan fingerprint density at radius 2 is 1.83 bits per heavy atom. The highest BCUT2D eigenvalue weighted by Gasteiger charge is 2.35. The van der Waals surface area contributed by atoms with Crippen molar-refractivity contribution in [3.8, 4) is 0 Å². The molecule has 3 rings (SSSR count). The number of amides is 3. The lowest BCUT2D eigenvalue weighted by Gasteiger charge is -2.09. The Balaban J connectivity index is 1.85. The first-order valence-electron chi connectivity index (χ1n) is 6.97. The maximum atomic E-state index is 12.2. The van der Waals surface area contributed by atoms with E-state index in [0.717, 1.165) is 4.90 Å². The van der Waals surface area contributed by atoms with Crippen LogP contribution in [0.25, 0.3) is 0 Å². The second kappa shape index (κ2) is 5.85. The van der Waals surface area contributed by atoms with E-state index in [9.17, 15) is 14.4 Å². The van der Waals surface area contributed by atoms with Crippen LogP contribution in [-0.4, -0.2) is 29.7 Å². The average Bonchev–Trinajstić information content (AvgIpc) is 2.75. The van der Waals surface area contributed by atoms with Crippen molar-refractivity contribution in [1.29, 1.82) is 0 Å². The summed E-state index contributed by atoms with van der Waals surface area (Å²) in [5, 5.41) is 3.20. The second-order valence-corrected chi connectivity index (χ2v) is 5.62. The summed E-state index contributed by atoms with van der Waals surface area (Å²) in [4.78, 5) is 37.4. The molecule has 0 bridgehead atoms. The number of imide groups is 1. The highest BCUT2D eigenvalue weighted by Crippen LogP contribution is 2.28. The Morgan fingerprint density at radius 3 is 2.57 bits per heavy atom. The van der Waals surface area contributed by atoms with E-state index in [1.54, 1.807) is 42.5 Å². The monoisotopic (exact) mass is 328 g/mol. The molecule has 1 heterocycles. The maximum Gasteiger partial charge on any atom is 0.263 e. The molecule has 0 saturated carbocycles. The number of halogens is 1. The van der Waals surface area contributed by atoms with Crippen LogP contribution in [0.5, 0.6) is 0 Å². The van der Waals surface area contributed by atoms with Gasteiger partial charge < -0.3 is 5.32 Å². The molecule has 6 heteroatoms. The highest BCUT2D eigenvalue weighted by atomic mass is 35.5. The minimum absolute atomic E-state index is 0.0846. The molecule has 0 aliphatic carbocycles. The van der Waals surface area contributed by atoms with Gasteiger partial charge in [-0.2, -0.15) is 0 Å². The first-order chi connectivity index (χ1) is 11.0. The lowest BCUT2D eigenvalue weighted by Crippen LogP contribution is -2.24. The number of carbonyl (C=O) groups is 3. The number of benzene rings is 2. The summed E-state index contributed by atoms with van der Waals surface area (Å²) in [6.07, 6.45) is 0.0846. The number of hydrogen-bond acceptors (Lipinski definition) is 3. The van der Waals surface area contributed by atoms with Gasteiger partial charge in [-0.1, -0.05) is 35.9 Å². The smallest absolute Gasteiger partial charge is 0.263 e. The summed E-state index contributed by atoms with van der Waals surface area (Å²) >= 11 is 6.04. The van der Waals surface area contributed by atoms with Gasteiger partial charge in [-0.15, -0.1) is 0 Å². The van der Waals surface area contributed by atoms with Gasteiger partial charge in [0.2, 0.25) is 5.91 Å². The summed E-state index contributed by atoms with van der Waals surface area (Å²) in [5.74, 6) is -1.09. The molecule has 0 atom stereocenters. The Hall–Kier alpha value is -2.66. The second-order valence-electron chi connectivity index (χ2n) is 5.21. The summed E-state index contributed by atoms with van der Waals surface area (Å²) < 4.78 is 0. The number of nitrogens with zero attached hydrogens (tertiary/aromatic N) is 1. The third-order valence-electron chi connectivity index (χ3n) is 3.70. The van der Waals surface area contributed by atoms with Crippen LogP contribution in [0.2, 0.25) is 5.02 Å². The third kappa shape index (κ3) is 2.71. The van der Waals surface area contributed by atoms with Crippen molar-refractivity contribution in [2.45, 2.75) is 6.42 Å². The van der Waals surface area contributed by atoms with Gasteiger partial charge in [-0.25, -0.2) is 0 Å². The van der Waals surface area contributed by atoms with E-state index >= 15 is 0 Å². The van der Waals surface area contributed by atoms with Crippen molar-refractivity contribution in [3.63, 3.8) is 0 Å². The lowest BCUT2D eigenvalue weighted by atomic mass is 10.1. The molecule has 116 valence electrons. The Bertz CT molecular complexity index is 832. The van der Waals surface area contributed by atoms with Crippen molar-refractivity contribution in [2.75, 3.05) is 12.4 Å². The van der Waals surface area contributed by atoms with Crippen LogP contribution in [0, 0.1) is 0 Å². The largest absolute Gasteiger partial charge is 0.325 e. The Labute approximate surface area is 137 Å². The van der Waals surface area contributed by atoms with Crippen LogP contribution in [0.1, 0.15) is 26.3 Å². The van der Waals surface area contributed by atoms with Crippen molar-refractivity contribution in [1.82, 2.24) is 4.90 Å². The topological polar surface area (TPSA) is 66.5 Å². The lowest BCUT2D eigenvalue weighted by molar-refractivity contribution is -0.115. The normalized spacial score (nSPS) is 13.2. The first-order valence-corrected chi connectivity index (χ1v) is 7.35. The van der Waals surface area contributed by atoms with Crippen molar-refractivity contribution < 1.29 is 14.4 Å². The summed E-state index contributed by atoms with van der Waals surface area (Å²) in [7, 11) is 1.42. The maximum absolute atomic E-state index is 12.2. The van der Waals surface area contributed by atoms with Gasteiger partial charge in [0.1, 0.15) is 0 Å². The van der Waals surface area contributed by atoms with Gasteiger partial charge in [0, 0.05) is 12.1 Å². The predicted octanol–water partition coefficient (Wildman–Crippen LogP) is 2.75. The first kappa shape index (κ1) is 15.2. The summed E-state index contributed by atoms with van der Waals surface area (Å²) in [6.45, 7) is 0. The van der Waals surface area contributed by atoms with E-state index in [1.165, 1.54) is 7.05 Å². The molecule has 5 nitrogen and oxygen atoms in total. The zero-order chi connectivity index (χ0) is 16.6. The molecular weight excluding hydrogens is 316 g/mol. The molecule has 0 unspecified atom stereocenters. The molecule has 1 aliphatic rings. The van der Waals surface area contributed by atoms with Crippen LogP contribution in [-0.2, 0) is 11.2 Å². The molecule has 1 N–H and O–H groups in total. The van der Waals surface area contributed by atoms with E-state index in [2.05, 4.69) is 5.32 Å². The van der Waals surface area contributed by atoms with Crippen molar-refractivity contribution in [2.24, 2.45) is 0 Å².